The summed E-state index contributed by atoms with van der Waals surface area (Å²) in [5, 5.41) is 14.0. The molecule has 0 saturated heterocycles. The van der Waals surface area contributed by atoms with Gasteiger partial charge in [0.2, 0.25) is 11.8 Å². The van der Waals surface area contributed by atoms with E-state index in [1.54, 1.807) is 30.3 Å². The molecule has 0 aliphatic rings. The zero-order valence-corrected chi connectivity index (χ0v) is 14.4. The third-order valence-electron chi connectivity index (χ3n) is 3.72. The number of carbonyl (C=O) groups excluding carboxylic acids is 2. The van der Waals surface area contributed by atoms with Crippen LogP contribution in [0.3, 0.4) is 0 Å². The Hall–Kier alpha value is -3.29. The van der Waals surface area contributed by atoms with Crippen LogP contribution in [0.4, 0.5) is 8.78 Å². The average Bonchev–Trinajstić information content (AvgIpc) is 2.58. The summed E-state index contributed by atoms with van der Waals surface area (Å²) >= 11 is 0. The minimum Gasteiger partial charge on any atom is -0.479 e. The van der Waals surface area contributed by atoms with E-state index in [1.165, 1.54) is 6.92 Å². The van der Waals surface area contributed by atoms with Crippen LogP contribution >= 0.6 is 0 Å². The summed E-state index contributed by atoms with van der Waals surface area (Å²) in [5.74, 6) is -4.20. The molecule has 6 nitrogen and oxygen atoms in total. The predicted octanol–water partition coefficient (Wildman–Crippen LogP) is 1.95. The van der Waals surface area contributed by atoms with E-state index in [4.69, 9.17) is 0 Å². The number of rotatable bonds is 7. The van der Waals surface area contributed by atoms with Gasteiger partial charge in [-0.05, 0) is 30.2 Å². The Labute approximate surface area is 154 Å². The van der Waals surface area contributed by atoms with Crippen LogP contribution in [0.15, 0.2) is 48.5 Å². The molecule has 2 aromatic rings. The number of halogens is 2. The van der Waals surface area contributed by atoms with Gasteiger partial charge >= 0.3 is 5.97 Å². The number of hydrogen-bond donors (Lipinski definition) is 3. The maximum atomic E-state index is 13.2. The summed E-state index contributed by atoms with van der Waals surface area (Å²) in [6.07, 6.45) is -0.326. The van der Waals surface area contributed by atoms with Crippen molar-refractivity contribution in [2.24, 2.45) is 0 Å². The van der Waals surface area contributed by atoms with Gasteiger partial charge in [-0.1, -0.05) is 30.3 Å². The Morgan fingerprint density at radius 2 is 1.59 bits per heavy atom. The van der Waals surface area contributed by atoms with E-state index in [2.05, 4.69) is 10.6 Å². The average molecular weight is 376 g/mol. The van der Waals surface area contributed by atoms with Gasteiger partial charge in [-0.3, -0.25) is 9.59 Å². The molecule has 0 aliphatic carbocycles. The van der Waals surface area contributed by atoms with E-state index in [-0.39, 0.29) is 12.0 Å². The molecular formula is C19H18F2N2O4. The van der Waals surface area contributed by atoms with Crippen LogP contribution < -0.4 is 10.6 Å². The topological polar surface area (TPSA) is 95.5 Å². The summed E-state index contributed by atoms with van der Waals surface area (Å²) in [7, 11) is 0. The highest BCUT2D eigenvalue weighted by molar-refractivity contribution is 5.91. The molecule has 27 heavy (non-hydrogen) atoms. The second kappa shape index (κ2) is 8.88. The third-order valence-corrected chi connectivity index (χ3v) is 3.72. The minimum absolute atomic E-state index is 0.116. The molecule has 2 aromatic carbocycles. The minimum atomic E-state index is -1.27. The molecule has 0 bridgehead atoms. The third kappa shape index (κ3) is 5.88. The lowest BCUT2D eigenvalue weighted by Crippen LogP contribution is -2.47. The molecule has 2 atom stereocenters. The number of amides is 2. The van der Waals surface area contributed by atoms with Crippen molar-refractivity contribution in [2.45, 2.75) is 25.4 Å². The molecular weight excluding hydrogens is 358 g/mol. The fourth-order valence-electron chi connectivity index (χ4n) is 2.46. The Kier molecular flexibility index (Phi) is 6.59. The normalized spacial score (nSPS) is 12.7. The first-order valence-electron chi connectivity index (χ1n) is 8.08. The van der Waals surface area contributed by atoms with Crippen LogP contribution in [-0.4, -0.2) is 28.9 Å². The number of aliphatic carboxylic acids is 1. The smallest absolute Gasteiger partial charge is 0.330 e. The van der Waals surface area contributed by atoms with Crippen LogP contribution in [0.2, 0.25) is 0 Å². The van der Waals surface area contributed by atoms with Gasteiger partial charge in [0.1, 0.15) is 17.7 Å². The zero-order valence-electron chi connectivity index (χ0n) is 14.4. The maximum Gasteiger partial charge on any atom is 0.330 e. The fourth-order valence-corrected chi connectivity index (χ4v) is 2.46. The molecule has 0 aromatic heterocycles. The summed E-state index contributed by atoms with van der Waals surface area (Å²) in [6, 6.07) is 8.52. The highest BCUT2D eigenvalue weighted by atomic mass is 19.1. The van der Waals surface area contributed by atoms with Crippen molar-refractivity contribution in [3.05, 3.63) is 71.3 Å². The standard InChI is InChI=1S/C19H18F2N2O4/c1-11(22-16(24)9-12-7-14(20)10-15(21)8-12)18(25)23-17(19(26)27)13-5-3-2-4-6-13/h2-8,10-11,17H,9H2,1H3,(H,22,24)(H,23,25)(H,26,27)/t11-,17?/m0/s1. The zero-order chi connectivity index (χ0) is 20.0. The van der Waals surface area contributed by atoms with E-state index in [1.807, 2.05) is 0 Å². The van der Waals surface area contributed by atoms with Crippen molar-refractivity contribution >= 4 is 17.8 Å². The molecule has 142 valence electrons. The lowest BCUT2D eigenvalue weighted by atomic mass is 10.1. The second-order valence-electron chi connectivity index (χ2n) is 5.93. The van der Waals surface area contributed by atoms with Crippen molar-refractivity contribution in [1.82, 2.24) is 10.6 Å². The quantitative estimate of drug-likeness (QED) is 0.688. The molecule has 8 heteroatoms. The van der Waals surface area contributed by atoms with Gasteiger partial charge in [0.05, 0.1) is 6.42 Å². The van der Waals surface area contributed by atoms with Gasteiger partial charge < -0.3 is 15.7 Å². The van der Waals surface area contributed by atoms with Crippen molar-refractivity contribution in [3.8, 4) is 0 Å². The maximum absolute atomic E-state index is 13.2. The SMILES string of the molecule is C[C@H](NC(=O)Cc1cc(F)cc(F)c1)C(=O)NC(C(=O)O)c1ccccc1. The van der Waals surface area contributed by atoms with Gasteiger partial charge in [0.15, 0.2) is 6.04 Å². The van der Waals surface area contributed by atoms with Crippen molar-refractivity contribution < 1.29 is 28.3 Å². The Morgan fingerprint density at radius 1 is 1.00 bits per heavy atom. The molecule has 0 heterocycles. The molecule has 0 radical (unpaired) electrons. The van der Waals surface area contributed by atoms with E-state index in [9.17, 15) is 28.3 Å². The molecule has 0 spiro atoms. The van der Waals surface area contributed by atoms with Crippen molar-refractivity contribution in [2.75, 3.05) is 0 Å². The summed E-state index contributed by atoms with van der Waals surface area (Å²) in [6.45, 7) is 1.38. The van der Waals surface area contributed by atoms with E-state index in [0.717, 1.165) is 12.1 Å². The van der Waals surface area contributed by atoms with Crippen molar-refractivity contribution in [3.63, 3.8) is 0 Å². The fraction of sp³-hybridized carbons (Fsp3) is 0.211. The van der Waals surface area contributed by atoms with Gasteiger partial charge in [-0.25, -0.2) is 13.6 Å². The molecule has 2 rings (SSSR count). The van der Waals surface area contributed by atoms with E-state index >= 15 is 0 Å². The Bertz CT molecular complexity index is 823. The van der Waals surface area contributed by atoms with Gasteiger partial charge in [-0.2, -0.15) is 0 Å². The summed E-state index contributed by atoms with van der Waals surface area (Å²) in [4.78, 5) is 35.6. The number of benzene rings is 2. The highest BCUT2D eigenvalue weighted by Gasteiger charge is 2.25. The van der Waals surface area contributed by atoms with E-state index < -0.39 is 41.5 Å². The number of carbonyl (C=O) groups is 3. The van der Waals surface area contributed by atoms with Crippen molar-refractivity contribution in [1.29, 1.82) is 0 Å². The van der Waals surface area contributed by atoms with Crippen LogP contribution in [0.5, 0.6) is 0 Å². The first-order valence-corrected chi connectivity index (χ1v) is 8.08. The molecule has 1 unspecified atom stereocenters. The molecule has 0 fully saturated rings. The van der Waals surface area contributed by atoms with Gasteiger partial charge in [0.25, 0.3) is 0 Å². The summed E-state index contributed by atoms with van der Waals surface area (Å²) in [5.41, 5.74) is 0.498. The molecule has 0 aliphatic heterocycles. The number of hydrogen-bond acceptors (Lipinski definition) is 3. The summed E-state index contributed by atoms with van der Waals surface area (Å²) < 4.78 is 26.3. The van der Waals surface area contributed by atoms with Crippen LogP contribution in [-0.2, 0) is 20.8 Å². The Morgan fingerprint density at radius 3 is 2.15 bits per heavy atom. The molecule has 2 amide bonds. The predicted molar refractivity (Wildman–Crippen MR) is 92.6 cm³/mol. The lowest BCUT2D eigenvalue weighted by Gasteiger charge is -2.19. The first kappa shape index (κ1) is 20.0. The second-order valence-corrected chi connectivity index (χ2v) is 5.93. The molecule has 0 saturated carbocycles. The van der Waals surface area contributed by atoms with Crippen LogP contribution in [0.1, 0.15) is 24.1 Å². The largest absolute Gasteiger partial charge is 0.479 e. The van der Waals surface area contributed by atoms with E-state index in [0.29, 0.717) is 11.6 Å². The van der Waals surface area contributed by atoms with Gasteiger partial charge in [-0.15, -0.1) is 0 Å². The number of carboxylic acid groups (broad SMARTS) is 1. The van der Waals surface area contributed by atoms with Crippen LogP contribution in [0, 0.1) is 11.6 Å². The highest BCUT2D eigenvalue weighted by Crippen LogP contribution is 2.13. The lowest BCUT2D eigenvalue weighted by molar-refractivity contribution is -0.142. The Balaban J connectivity index is 1.97. The van der Waals surface area contributed by atoms with Gasteiger partial charge in [0, 0.05) is 6.07 Å². The first-order chi connectivity index (χ1) is 12.8. The van der Waals surface area contributed by atoms with Crippen LogP contribution in [0.25, 0.3) is 0 Å². The molecule has 3 N–H and O–H groups in total. The number of nitrogens with one attached hydrogen (secondary N) is 2. The monoisotopic (exact) mass is 376 g/mol. The number of carboxylic acids is 1.